The predicted octanol–water partition coefficient (Wildman–Crippen LogP) is 3.47. The smallest absolute Gasteiger partial charge is 0.337 e. The van der Waals surface area contributed by atoms with E-state index in [-0.39, 0.29) is 33.2 Å². The molecule has 0 spiro atoms. The fourth-order valence-corrected chi connectivity index (χ4v) is 3.03. The van der Waals surface area contributed by atoms with E-state index in [9.17, 15) is 29.9 Å². The number of ether oxygens (including phenoxy) is 1. The molecule has 0 radical (unpaired) electrons. The van der Waals surface area contributed by atoms with Crippen molar-refractivity contribution in [3.63, 3.8) is 0 Å². The van der Waals surface area contributed by atoms with E-state index in [1.54, 1.807) is 6.92 Å². The highest BCUT2D eigenvalue weighted by molar-refractivity contribution is 6.34. The van der Waals surface area contributed by atoms with Gasteiger partial charge in [-0.1, -0.05) is 11.6 Å². The molecule has 154 valence electrons. The van der Waals surface area contributed by atoms with Crippen LogP contribution in [0.5, 0.6) is 11.5 Å². The van der Waals surface area contributed by atoms with Crippen LogP contribution in [0.2, 0.25) is 5.02 Å². The van der Waals surface area contributed by atoms with Crippen molar-refractivity contribution in [2.45, 2.75) is 6.92 Å². The first-order valence-electron chi connectivity index (χ1n) is 8.34. The number of carboxylic acid groups (broad SMARTS) is 1. The highest BCUT2D eigenvalue weighted by Crippen LogP contribution is 2.38. The minimum Gasteiger partial charge on any atom is -0.500 e. The maximum atomic E-state index is 12.9. The van der Waals surface area contributed by atoms with Crippen molar-refractivity contribution in [3.05, 3.63) is 62.2 Å². The van der Waals surface area contributed by atoms with Crippen LogP contribution in [0.15, 0.2) is 41.0 Å². The second kappa shape index (κ2) is 7.84. The fraction of sp³-hybridized carbons (Fsp3) is 0.105. The Bertz CT molecular complexity index is 1160. The molecule has 2 aromatic rings. The Balaban J connectivity index is 2.04. The number of carboxylic acids is 1. The first-order chi connectivity index (χ1) is 14.1. The molecule has 0 bridgehead atoms. The molecule has 2 aromatic carbocycles. The van der Waals surface area contributed by atoms with Crippen LogP contribution in [0.3, 0.4) is 0 Å². The van der Waals surface area contributed by atoms with Crippen molar-refractivity contribution < 1.29 is 29.5 Å². The number of anilines is 1. The lowest BCUT2D eigenvalue weighted by Crippen LogP contribution is -2.21. The molecular formula is C19H14ClN3O7. The molecule has 10 nitrogen and oxygen atoms in total. The van der Waals surface area contributed by atoms with E-state index in [2.05, 4.69) is 5.10 Å². The average molecular weight is 432 g/mol. The van der Waals surface area contributed by atoms with Gasteiger partial charge in [0, 0.05) is 6.07 Å². The van der Waals surface area contributed by atoms with Gasteiger partial charge in [0.2, 0.25) is 5.75 Å². The molecule has 0 aromatic heterocycles. The number of hydrogen-bond acceptors (Lipinski definition) is 7. The van der Waals surface area contributed by atoms with E-state index in [1.165, 1.54) is 37.5 Å². The van der Waals surface area contributed by atoms with E-state index in [4.69, 9.17) is 16.3 Å². The monoisotopic (exact) mass is 431 g/mol. The zero-order chi connectivity index (χ0) is 22.2. The van der Waals surface area contributed by atoms with Crippen molar-refractivity contribution in [2.24, 2.45) is 5.10 Å². The molecule has 2 N–H and O–H groups in total. The number of aromatic hydroxyl groups is 1. The molecule has 0 saturated carbocycles. The zero-order valence-electron chi connectivity index (χ0n) is 15.6. The molecule has 11 heteroatoms. The maximum absolute atomic E-state index is 12.9. The summed E-state index contributed by atoms with van der Waals surface area (Å²) < 4.78 is 4.95. The number of carbonyl (C=O) groups is 2. The Morgan fingerprint density at radius 1 is 1.33 bits per heavy atom. The Hall–Kier alpha value is -3.92. The Kier molecular flexibility index (Phi) is 5.43. The van der Waals surface area contributed by atoms with Crippen LogP contribution in [0.25, 0.3) is 6.08 Å². The second-order valence-electron chi connectivity index (χ2n) is 6.18. The summed E-state index contributed by atoms with van der Waals surface area (Å²) >= 11 is 5.86. The zero-order valence-corrected chi connectivity index (χ0v) is 16.4. The van der Waals surface area contributed by atoms with Crippen molar-refractivity contribution >= 4 is 46.6 Å². The third-order valence-electron chi connectivity index (χ3n) is 4.29. The van der Waals surface area contributed by atoms with Crippen LogP contribution in [0, 0.1) is 10.1 Å². The van der Waals surface area contributed by atoms with E-state index < -0.39 is 28.2 Å². The van der Waals surface area contributed by atoms with Gasteiger partial charge in [-0.15, -0.1) is 0 Å². The van der Waals surface area contributed by atoms with E-state index in [1.807, 2.05) is 0 Å². The number of benzene rings is 2. The van der Waals surface area contributed by atoms with Gasteiger partial charge in [0.1, 0.15) is 0 Å². The summed E-state index contributed by atoms with van der Waals surface area (Å²) in [6, 6.07) is 6.44. The first kappa shape index (κ1) is 20.8. The number of aromatic carboxylic acids is 1. The van der Waals surface area contributed by atoms with Crippen LogP contribution in [-0.2, 0) is 4.79 Å². The predicted molar refractivity (Wildman–Crippen MR) is 108 cm³/mol. The molecule has 0 aliphatic carbocycles. The van der Waals surface area contributed by atoms with Crippen LogP contribution < -0.4 is 9.75 Å². The lowest BCUT2D eigenvalue weighted by Gasteiger charge is -2.13. The first-order valence-corrected chi connectivity index (χ1v) is 8.71. The molecular weight excluding hydrogens is 418 g/mol. The summed E-state index contributed by atoms with van der Waals surface area (Å²) in [7, 11) is 1.24. The van der Waals surface area contributed by atoms with Crippen LogP contribution in [-0.4, -0.2) is 39.8 Å². The van der Waals surface area contributed by atoms with Crippen LogP contribution >= 0.6 is 11.6 Å². The van der Waals surface area contributed by atoms with E-state index in [0.29, 0.717) is 5.71 Å². The Morgan fingerprint density at radius 2 is 2.03 bits per heavy atom. The average Bonchev–Trinajstić information content (AvgIpc) is 2.97. The number of methoxy groups -OCH3 is 1. The van der Waals surface area contributed by atoms with Crippen molar-refractivity contribution in [1.82, 2.24) is 0 Å². The molecule has 3 rings (SSSR count). The number of carbonyl (C=O) groups excluding carboxylic acids is 1. The molecule has 1 heterocycles. The van der Waals surface area contributed by atoms with Gasteiger partial charge in [-0.3, -0.25) is 14.9 Å². The molecule has 0 atom stereocenters. The third kappa shape index (κ3) is 3.67. The van der Waals surface area contributed by atoms with Gasteiger partial charge in [0.15, 0.2) is 5.75 Å². The number of phenols is 1. The number of hydrogen-bond donors (Lipinski definition) is 2. The topological polar surface area (TPSA) is 143 Å². The number of phenolic OH excluding ortho intramolecular Hbond substituents is 1. The van der Waals surface area contributed by atoms with Gasteiger partial charge >= 0.3 is 11.7 Å². The highest BCUT2D eigenvalue weighted by atomic mass is 35.5. The van der Waals surface area contributed by atoms with Crippen molar-refractivity contribution in [2.75, 3.05) is 12.1 Å². The van der Waals surface area contributed by atoms with Crippen molar-refractivity contribution in [1.29, 1.82) is 0 Å². The van der Waals surface area contributed by atoms with Gasteiger partial charge in [0.25, 0.3) is 5.91 Å². The van der Waals surface area contributed by atoms with E-state index in [0.717, 1.165) is 11.1 Å². The van der Waals surface area contributed by atoms with Gasteiger partial charge in [0.05, 0.1) is 39.6 Å². The molecule has 1 amide bonds. The Labute approximate surface area is 174 Å². The summed E-state index contributed by atoms with van der Waals surface area (Å²) in [4.78, 5) is 34.6. The molecule has 0 unspecified atom stereocenters. The van der Waals surface area contributed by atoms with Gasteiger partial charge in [-0.25, -0.2) is 4.79 Å². The normalized spacial score (nSPS) is 14.8. The second-order valence-corrected chi connectivity index (χ2v) is 6.58. The lowest BCUT2D eigenvalue weighted by molar-refractivity contribution is -0.386. The third-order valence-corrected chi connectivity index (χ3v) is 4.62. The SMILES string of the molecule is COc1cc(/C=C2\C(=O)N(c3ccc(Cl)c(C(=O)O)c3)N=C2C)cc([N+](=O)[O-])c1O. The van der Waals surface area contributed by atoms with Crippen molar-refractivity contribution in [3.8, 4) is 11.5 Å². The highest BCUT2D eigenvalue weighted by Gasteiger charge is 2.30. The number of rotatable bonds is 5. The summed E-state index contributed by atoms with van der Waals surface area (Å²) in [6.45, 7) is 1.56. The maximum Gasteiger partial charge on any atom is 0.337 e. The number of halogens is 1. The number of amides is 1. The summed E-state index contributed by atoms with van der Waals surface area (Å²) in [5, 5.41) is 35.4. The number of nitrogens with zero attached hydrogens (tertiary/aromatic N) is 3. The van der Waals surface area contributed by atoms with Crippen LogP contribution in [0.1, 0.15) is 22.8 Å². The molecule has 1 aliphatic rings. The fourth-order valence-electron chi connectivity index (χ4n) is 2.83. The van der Waals surface area contributed by atoms with E-state index >= 15 is 0 Å². The quantitative estimate of drug-likeness (QED) is 0.419. The summed E-state index contributed by atoms with van der Waals surface area (Å²) in [5.41, 5.74) is 0.0932. The van der Waals surface area contributed by atoms with Crippen LogP contribution in [0.4, 0.5) is 11.4 Å². The van der Waals surface area contributed by atoms with Gasteiger partial charge < -0.3 is 14.9 Å². The largest absolute Gasteiger partial charge is 0.500 e. The number of nitro groups is 1. The molecule has 0 fully saturated rings. The minimum atomic E-state index is -1.26. The van der Waals surface area contributed by atoms with Gasteiger partial charge in [-0.05, 0) is 42.8 Å². The number of nitro benzene ring substituents is 1. The molecule has 0 saturated heterocycles. The summed E-state index contributed by atoms with van der Waals surface area (Å²) in [5.74, 6) is -2.58. The standard InChI is InChI=1S/C19H14ClN3O7/c1-9-12(5-10-6-15(23(28)29)17(24)16(7-10)30-2)18(25)22(21-9)11-3-4-14(20)13(8-11)19(26)27/h3-8,24H,1-2H3,(H,26,27)/b12-5-. The lowest BCUT2D eigenvalue weighted by atomic mass is 10.1. The molecule has 1 aliphatic heterocycles. The molecule has 30 heavy (non-hydrogen) atoms. The Morgan fingerprint density at radius 3 is 2.63 bits per heavy atom. The summed E-state index contributed by atoms with van der Waals surface area (Å²) in [6.07, 6.45) is 1.37. The number of hydrazone groups is 1. The van der Waals surface area contributed by atoms with Gasteiger partial charge in [-0.2, -0.15) is 10.1 Å². The minimum absolute atomic E-state index is 0.0119.